The molecule has 2 aromatic heterocycles. The zero-order valence-electron chi connectivity index (χ0n) is 19.6. The van der Waals surface area contributed by atoms with Gasteiger partial charge in [0.15, 0.2) is 40.4 Å². The summed E-state index contributed by atoms with van der Waals surface area (Å²) in [6, 6.07) is 14.2. The van der Waals surface area contributed by atoms with Crippen molar-refractivity contribution in [3.63, 3.8) is 0 Å². The van der Waals surface area contributed by atoms with E-state index in [-0.39, 0.29) is 68.2 Å². The summed E-state index contributed by atoms with van der Waals surface area (Å²) in [5.41, 5.74) is 7.06. The smallest absolute Gasteiger partial charge is 0.284 e. The van der Waals surface area contributed by atoms with Crippen LogP contribution < -0.4 is 5.73 Å². The highest BCUT2D eigenvalue weighted by Gasteiger charge is 2.37. The molecule has 0 saturated heterocycles. The number of furan rings is 2. The normalized spacial score (nSPS) is 13.1. The van der Waals surface area contributed by atoms with Crippen molar-refractivity contribution in [1.82, 2.24) is 0 Å². The summed E-state index contributed by atoms with van der Waals surface area (Å²) in [5.74, 6) is -2.76. The van der Waals surface area contributed by atoms with E-state index in [4.69, 9.17) is 14.6 Å². The highest BCUT2D eigenvalue weighted by molar-refractivity contribution is 9.08. The first kappa shape index (κ1) is 25.0. The third kappa shape index (κ3) is 3.77. The molecule has 2 aliphatic carbocycles. The van der Waals surface area contributed by atoms with Gasteiger partial charge in [0.05, 0.1) is 11.1 Å². The molecule has 0 bridgehead atoms. The number of fused-ring (bicyclic) bond motifs is 4. The second kappa shape index (κ2) is 9.31. The lowest BCUT2D eigenvalue weighted by atomic mass is 9.86. The van der Waals surface area contributed by atoms with Crippen molar-refractivity contribution in [2.75, 3.05) is 0 Å². The first-order valence-electron chi connectivity index (χ1n) is 11.2. The second-order valence-corrected chi connectivity index (χ2v) is 8.99. The molecule has 2 aromatic carbocycles. The molecule has 0 unspecified atom stereocenters. The van der Waals surface area contributed by atoms with Crippen LogP contribution >= 0.6 is 15.9 Å². The first-order chi connectivity index (χ1) is 18.1. The number of rotatable bonds is 3. The Bertz CT molecular complexity index is 1690. The minimum atomic E-state index is -0.811. The van der Waals surface area contributed by atoms with Crippen LogP contribution in [-0.4, -0.2) is 34.8 Å². The van der Waals surface area contributed by atoms with Crippen molar-refractivity contribution in [1.29, 1.82) is 0 Å². The Balaban J connectivity index is 0.000000156. The van der Waals surface area contributed by atoms with Gasteiger partial charge in [0.25, 0.3) is 5.91 Å². The van der Waals surface area contributed by atoms with E-state index in [2.05, 4.69) is 15.9 Å². The number of halogens is 1. The van der Waals surface area contributed by atoms with E-state index in [9.17, 15) is 28.8 Å². The lowest BCUT2D eigenvalue weighted by Crippen LogP contribution is -2.20. The number of carbonyl (C=O) groups is 6. The third-order valence-electron chi connectivity index (χ3n) is 6.15. The summed E-state index contributed by atoms with van der Waals surface area (Å²) < 4.78 is 10.4. The van der Waals surface area contributed by atoms with Gasteiger partial charge in [-0.15, -0.1) is 0 Å². The van der Waals surface area contributed by atoms with Crippen LogP contribution in [0, 0.1) is 0 Å². The van der Waals surface area contributed by atoms with Crippen LogP contribution in [0.4, 0.5) is 0 Å². The average Bonchev–Trinajstić information content (AvgIpc) is 3.54. The maximum absolute atomic E-state index is 12.5. The number of nitrogens with two attached hydrogens (primary N) is 1. The number of ketones is 5. The molecule has 2 heterocycles. The molecule has 0 atom stereocenters. The van der Waals surface area contributed by atoms with Gasteiger partial charge in [-0.05, 0) is 0 Å². The van der Waals surface area contributed by atoms with Crippen LogP contribution in [0.3, 0.4) is 0 Å². The number of hydrogen-bond donors (Lipinski definition) is 1. The molecule has 0 spiro atoms. The van der Waals surface area contributed by atoms with Crippen LogP contribution in [0.15, 0.2) is 63.4 Å². The zero-order chi connectivity index (χ0) is 27.3. The van der Waals surface area contributed by atoms with E-state index in [1.807, 2.05) is 0 Å². The Kier molecular flexibility index (Phi) is 6.12. The molecular formula is C28H16BrNO8. The van der Waals surface area contributed by atoms with Crippen LogP contribution in [-0.2, 0) is 5.33 Å². The molecule has 0 aliphatic heterocycles. The number of alkyl halides is 1. The monoisotopic (exact) mass is 573 g/mol. The number of benzene rings is 2. The summed E-state index contributed by atoms with van der Waals surface area (Å²) in [5, 5.41) is 0.280. The molecule has 0 radical (unpaired) electrons. The van der Waals surface area contributed by atoms with Crippen LogP contribution in [0.2, 0.25) is 0 Å². The Hall–Kier alpha value is -4.70. The molecule has 0 fully saturated rings. The van der Waals surface area contributed by atoms with E-state index < -0.39 is 11.7 Å². The zero-order valence-corrected chi connectivity index (χ0v) is 21.2. The predicted octanol–water partition coefficient (Wildman–Crippen LogP) is 4.31. The molecule has 4 aromatic rings. The molecule has 2 aliphatic rings. The largest absolute Gasteiger partial charge is 0.448 e. The van der Waals surface area contributed by atoms with E-state index in [0.717, 1.165) is 0 Å². The molecule has 9 nitrogen and oxygen atoms in total. The van der Waals surface area contributed by atoms with Gasteiger partial charge < -0.3 is 14.6 Å². The summed E-state index contributed by atoms with van der Waals surface area (Å²) in [6.07, 6.45) is 0. The Morgan fingerprint density at radius 2 is 1.24 bits per heavy atom. The number of carbonyl (C=O) groups excluding carboxylic acids is 6. The molecule has 10 heteroatoms. The maximum atomic E-state index is 12.5. The maximum Gasteiger partial charge on any atom is 0.284 e. The van der Waals surface area contributed by atoms with Crippen molar-refractivity contribution in [3.8, 4) is 0 Å². The topological polar surface area (TPSA) is 155 Å². The van der Waals surface area contributed by atoms with E-state index in [1.54, 1.807) is 48.5 Å². The fraction of sp³-hybridized carbons (Fsp3) is 0.0714. The van der Waals surface area contributed by atoms with Gasteiger partial charge in [0.2, 0.25) is 11.6 Å². The second-order valence-electron chi connectivity index (χ2n) is 8.43. The minimum absolute atomic E-state index is 0.0339. The van der Waals surface area contributed by atoms with Crippen molar-refractivity contribution in [3.05, 3.63) is 117 Å². The molecule has 188 valence electrons. The molecular weight excluding hydrogens is 558 g/mol. The van der Waals surface area contributed by atoms with Gasteiger partial charge in [-0.3, -0.25) is 28.8 Å². The van der Waals surface area contributed by atoms with Crippen molar-refractivity contribution >= 4 is 50.8 Å². The number of amides is 1. The van der Waals surface area contributed by atoms with E-state index in [1.165, 1.54) is 13.0 Å². The fourth-order valence-electron chi connectivity index (χ4n) is 4.41. The van der Waals surface area contributed by atoms with Crippen molar-refractivity contribution < 1.29 is 37.6 Å². The van der Waals surface area contributed by atoms with Crippen LogP contribution in [0.25, 0.3) is 0 Å². The summed E-state index contributed by atoms with van der Waals surface area (Å²) in [6.45, 7) is 1.35. The number of hydrogen-bond acceptors (Lipinski definition) is 8. The van der Waals surface area contributed by atoms with Gasteiger partial charge in [0.1, 0.15) is 0 Å². The van der Waals surface area contributed by atoms with Crippen LogP contribution in [0.5, 0.6) is 0 Å². The molecule has 1 amide bonds. The fourth-order valence-corrected chi connectivity index (χ4v) is 4.94. The van der Waals surface area contributed by atoms with Gasteiger partial charge in [-0.25, -0.2) is 0 Å². The lowest BCUT2D eigenvalue weighted by Gasteiger charge is -2.13. The minimum Gasteiger partial charge on any atom is -0.448 e. The average molecular weight is 574 g/mol. The van der Waals surface area contributed by atoms with E-state index >= 15 is 0 Å². The Labute approximate surface area is 222 Å². The summed E-state index contributed by atoms with van der Waals surface area (Å²) in [4.78, 5) is 71.7. The number of primary amides is 1. The standard InChI is InChI=1S/C15H9BrO4.C13H7NO4/c1-7(17)14-10(6-16)11-12(18)8-4-2-3-5-9(8)13(19)15(11)20-14;14-13(17)9-5-8-10(15)6-3-1-2-4-7(6)11(16)12(8)18-9/h2-5H,6H2,1H3;1-5H,(H2,14,17). The summed E-state index contributed by atoms with van der Waals surface area (Å²) >= 11 is 3.25. The lowest BCUT2D eigenvalue weighted by molar-refractivity contribution is 0.0940. The molecule has 6 rings (SSSR count). The number of Topliss-reactive ketones (excluding diaryl/α,β-unsaturated/α-hetero) is 1. The Morgan fingerprint density at radius 1 is 0.737 bits per heavy atom. The molecule has 2 N–H and O–H groups in total. The highest BCUT2D eigenvalue weighted by atomic mass is 79.9. The molecule has 0 saturated carbocycles. The highest BCUT2D eigenvalue weighted by Crippen LogP contribution is 2.34. The van der Waals surface area contributed by atoms with Crippen molar-refractivity contribution in [2.45, 2.75) is 12.3 Å². The quantitative estimate of drug-likeness (QED) is 0.242. The third-order valence-corrected chi connectivity index (χ3v) is 6.71. The van der Waals surface area contributed by atoms with Gasteiger partial charge >= 0.3 is 0 Å². The molecule has 38 heavy (non-hydrogen) atoms. The predicted molar refractivity (Wildman–Crippen MR) is 135 cm³/mol. The van der Waals surface area contributed by atoms with Crippen molar-refractivity contribution in [2.24, 2.45) is 5.73 Å². The Morgan fingerprint density at radius 3 is 1.74 bits per heavy atom. The van der Waals surface area contributed by atoms with Crippen LogP contribution in [0.1, 0.15) is 97.7 Å². The van der Waals surface area contributed by atoms with E-state index in [0.29, 0.717) is 22.3 Å². The first-order valence-corrected chi connectivity index (χ1v) is 12.3. The van der Waals surface area contributed by atoms with Gasteiger partial charge in [0, 0.05) is 46.1 Å². The summed E-state index contributed by atoms with van der Waals surface area (Å²) in [7, 11) is 0. The SMILES string of the molecule is CC(=O)c1oc2c(c1CBr)C(=O)c1ccccc1C2=O.NC(=O)c1cc2c(o1)C(=O)c1ccccc1C2=O. The van der Waals surface area contributed by atoms with Gasteiger partial charge in [-0.2, -0.15) is 0 Å². The van der Waals surface area contributed by atoms with Gasteiger partial charge in [-0.1, -0.05) is 64.5 Å².